The first-order valence-electron chi connectivity index (χ1n) is 14.4. The molecule has 2 amide bonds. The Bertz CT molecular complexity index is 1540. The van der Waals surface area contributed by atoms with Crippen LogP contribution in [0.15, 0.2) is 60.7 Å². The van der Waals surface area contributed by atoms with Crippen LogP contribution in [-0.4, -0.2) is 53.5 Å². The Morgan fingerprint density at radius 2 is 1.72 bits per heavy atom. The molecule has 1 N–H and O–H groups in total. The number of carbonyl (C=O) groups is 3. The van der Waals surface area contributed by atoms with E-state index in [-0.39, 0.29) is 25.1 Å². The van der Waals surface area contributed by atoms with Crippen LogP contribution < -0.4 is 4.90 Å². The highest BCUT2D eigenvalue weighted by Crippen LogP contribution is 2.44. The Morgan fingerprint density at radius 1 is 1.00 bits per heavy atom. The summed E-state index contributed by atoms with van der Waals surface area (Å²) in [5.74, 6) is -2.64. The predicted molar refractivity (Wildman–Crippen MR) is 155 cm³/mol. The molecule has 228 valence electrons. The van der Waals surface area contributed by atoms with Crippen molar-refractivity contribution in [3.05, 3.63) is 77.4 Å². The minimum atomic E-state index is -4.63. The van der Waals surface area contributed by atoms with Gasteiger partial charge in [0.15, 0.2) is 0 Å². The average Bonchev–Trinajstić information content (AvgIpc) is 3.06. The zero-order chi connectivity index (χ0) is 31.1. The van der Waals surface area contributed by atoms with Crippen LogP contribution in [0.2, 0.25) is 0 Å². The van der Waals surface area contributed by atoms with Crippen LogP contribution in [0.25, 0.3) is 10.8 Å². The van der Waals surface area contributed by atoms with E-state index in [4.69, 9.17) is 4.74 Å². The van der Waals surface area contributed by atoms with Gasteiger partial charge in [-0.3, -0.25) is 14.4 Å². The topological polar surface area (TPSA) is 87.2 Å². The Hall–Kier alpha value is -3.92. The Kier molecular flexibility index (Phi) is 8.26. The van der Waals surface area contributed by atoms with Crippen molar-refractivity contribution in [3.8, 4) is 0 Å². The molecule has 3 aromatic rings. The fraction of sp³-hybridized carbons (Fsp3) is 0.424. The number of halogens is 3. The van der Waals surface area contributed by atoms with Crippen LogP contribution in [0.3, 0.4) is 0 Å². The van der Waals surface area contributed by atoms with Crippen molar-refractivity contribution in [1.29, 1.82) is 0 Å². The van der Waals surface area contributed by atoms with Crippen molar-refractivity contribution in [1.82, 2.24) is 4.90 Å². The van der Waals surface area contributed by atoms with Gasteiger partial charge in [-0.05, 0) is 52.8 Å². The van der Waals surface area contributed by atoms with Gasteiger partial charge in [-0.2, -0.15) is 13.2 Å². The molecule has 2 aliphatic rings. The molecule has 2 aliphatic heterocycles. The van der Waals surface area contributed by atoms with Crippen LogP contribution in [0.1, 0.15) is 62.8 Å². The third-order valence-electron chi connectivity index (χ3n) is 7.99. The fourth-order valence-electron chi connectivity index (χ4n) is 5.96. The van der Waals surface area contributed by atoms with E-state index in [1.54, 1.807) is 12.1 Å². The van der Waals surface area contributed by atoms with Crippen molar-refractivity contribution in [2.24, 2.45) is 11.3 Å². The molecule has 1 fully saturated rings. The number of ether oxygens (including phenoxy) is 1. The molecule has 5 rings (SSSR count). The number of hydrogen-bond donors (Lipinski definition) is 1. The highest BCUT2D eigenvalue weighted by Gasteiger charge is 2.42. The Labute approximate surface area is 248 Å². The quantitative estimate of drug-likeness (QED) is 0.367. The monoisotopic (exact) mass is 596 g/mol. The summed E-state index contributed by atoms with van der Waals surface area (Å²) < 4.78 is 48.5. The number of anilines is 1. The van der Waals surface area contributed by atoms with Crippen molar-refractivity contribution in [2.75, 3.05) is 24.5 Å². The van der Waals surface area contributed by atoms with Gasteiger partial charge >= 0.3 is 12.1 Å². The average molecular weight is 597 g/mol. The number of hydrogen-bond acceptors (Lipinski definition) is 4. The number of rotatable bonds is 5. The normalized spacial score (nSPS) is 21.4. The van der Waals surface area contributed by atoms with Crippen molar-refractivity contribution in [2.45, 2.75) is 58.4 Å². The van der Waals surface area contributed by atoms with Gasteiger partial charge in [-0.15, -0.1) is 0 Å². The molecule has 3 atom stereocenters. The lowest BCUT2D eigenvalue weighted by Gasteiger charge is -2.33. The summed E-state index contributed by atoms with van der Waals surface area (Å²) in [6.45, 7) is 6.30. The van der Waals surface area contributed by atoms with Gasteiger partial charge in [-0.25, -0.2) is 0 Å². The lowest BCUT2D eigenvalue weighted by Crippen LogP contribution is -2.47. The summed E-state index contributed by atoms with van der Waals surface area (Å²) in [5, 5.41) is 11.1. The zero-order valence-electron chi connectivity index (χ0n) is 24.4. The molecule has 0 spiro atoms. The molecule has 1 saturated heterocycles. The molecule has 10 heteroatoms. The molecule has 0 aromatic heterocycles. The molecule has 3 aromatic carbocycles. The van der Waals surface area contributed by atoms with Crippen molar-refractivity contribution < 1.29 is 37.4 Å². The van der Waals surface area contributed by atoms with Gasteiger partial charge in [0.1, 0.15) is 12.2 Å². The number of carboxylic acid groups (broad SMARTS) is 1. The van der Waals surface area contributed by atoms with E-state index >= 15 is 0 Å². The predicted octanol–water partition coefficient (Wildman–Crippen LogP) is 6.44. The van der Waals surface area contributed by atoms with E-state index in [1.165, 1.54) is 15.9 Å². The number of aliphatic carboxylic acids is 1. The second-order valence-corrected chi connectivity index (χ2v) is 12.6. The first-order chi connectivity index (χ1) is 20.2. The van der Waals surface area contributed by atoms with Crippen LogP contribution in [0, 0.1) is 11.3 Å². The first kappa shape index (κ1) is 30.5. The smallest absolute Gasteiger partial charge is 0.416 e. The molecular formula is C33H35F3N2O5. The molecule has 0 aliphatic carbocycles. The largest absolute Gasteiger partial charge is 0.481 e. The summed E-state index contributed by atoms with van der Waals surface area (Å²) in [6, 6.07) is 16.2. The molecule has 2 heterocycles. The number of alkyl halides is 3. The fourth-order valence-corrected chi connectivity index (χ4v) is 5.96. The van der Waals surface area contributed by atoms with Gasteiger partial charge < -0.3 is 19.6 Å². The summed E-state index contributed by atoms with van der Waals surface area (Å²) in [6.07, 6.45) is -6.44. The van der Waals surface area contributed by atoms with E-state index in [1.807, 2.05) is 51.1 Å². The van der Waals surface area contributed by atoms with Crippen LogP contribution in [-0.2, 0) is 25.3 Å². The van der Waals surface area contributed by atoms with E-state index in [9.17, 15) is 32.7 Å². The van der Waals surface area contributed by atoms with Crippen LogP contribution in [0.5, 0.6) is 0 Å². The maximum Gasteiger partial charge on any atom is 0.416 e. The maximum atomic E-state index is 14.2. The molecule has 1 unspecified atom stereocenters. The van der Waals surface area contributed by atoms with E-state index in [0.29, 0.717) is 30.6 Å². The number of piperidine rings is 1. The van der Waals surface area contributed by atoms with Crippen molar-refractivity contribution >= 4 is 34.2 Å². The Balaban J connectivity index is 1.64. The van der Waals surface area contributed by atoms with E-state index in [0.717, 1.165) is 22.9 Å². The van der Waals surface area contributed by atoms with Gasteiger partial charge in [0.05, 0.1) is 17.9 Å². The minimum absolute atomic E-state index is 0.0305. The number of fused-ring (bicyclic) bond motifs is 2. The molecule has 7 nitrogen and oxygen atoms in total. The summed E-state index contributed by atoms with van der Waals surface area (Å²) in [7, 11) is 0. The number of benzene rings is 3. The highest BCUT2D eigenvalue weighted by atomic mass is 19.4. The second kappa shape index (κ2) is 11.6. The van der Waals surface area contributed by atoms with E-state index in [2.05, 4.69) is 0 Å². The van der Waals surface area contributed by atoms with Gasteiger partial charge in [-0.1, -0.05) is 63.2 Å². The molecule has 43 heavy (non-hydrogen) atoms. The highest BCUT2D eigenvalue weighted by molar-refractivity contribution is 6.01. The second-order valence-electron chi connectivity index (χ2n) is 12.6. The minimum Gasteiger partial charge on any atom is -0.481 e. The summed E-state index contributed by atoms with van der Waals surface area (Å²) in [5.41, 5.74) is -0.256. The number of likely N-dealkylation sites (tertiary alicyclic amines) is 1. The third-order valence-corrected chi connectivity index (χ3v) is 7.99. The maximum absolute atomic E-state index is 14.2. The third kappa shape index (κ3) is 6.54. The van der Waals surface area contributed by atoms with Crippen LogP contribution in [0.4, 0.5) is 18.9 Å². The summed E-state index contributed by atoms with van der Waals surface area (Å²) >= 11 is 0. The lowest BCUT2D eigenvalue weighted by atomic mass is 9.92. The Morgan fingerprint density at radius 3 is 2.42 bits per heavy atom. The molecule has 0 radical (unpaired) electrons. The molecular weight excluding hydrogens is 561 g/mol. The number of carboxylic acids is 1. The molecule has 0 saturated carbocycles. The van der Waals surface area contributed by atoms with Gasteiger partial charge in [0.25, 0.3) is 5.91 Å². The number of amides is 2. The first-order valence-corrected chi connectivity index (χ1v) is 14.4. The SMILES string of the molecule is CC(C)(C)CN1C(=O)[C@H](CC(=O)N2CCCC(C(=O)O)C2)O[C@@H](c2cccc3ccccc23)c2cc(C(F)(F)F)ccc21. The van der Waals surface area contributed by atoms with Gasteiger partial charge in [0, 0.05) is 30.9 Å². The van der Waals surface area contributed by atoms with Crippen LogP contribution >= 0.6 is 0 Å². The van der Waals surface area contributed by atoms with Crippen molar-refractivity contribution in [3.63, 3.8) is 0 Å². The van der Waals surface area contributed by atoms with E-state index < -0.39 is 53.1 Å². The number of carbonyl (C=O) groups excluding carboxylic acids is 2. The number of nitrogens with zero attached hydrogens (tertiary/aromatic N) is 2. The zero-order valence-corrected chi connectivity index (χ0v) is 24.4. The summed E-state index contributed by atoms with van der Waals surface area (Å²) in [4.78, 5) is 42.2. The lowest BCUT2D eigenvalue weighted by molar-refractivity contribution is -0.148. The van der Waals surface area contributed by atoms with Gasteiger partial charge in [0.2, 0.25) is 5.91 Å². The molecule has 0 bridgehead atoms. The standard InChI is InChI=1S/C33H35F3N2O5/c1-32(2,3)19-38-26-14-13-22(33(34,35)36)16-25(26)29(24-12-6-9-20-8-4-5-11-23(20)24)43-27(30(38)40)17-28(39)37-15-7-10-21(18-37)31(41)42/h4-6,8-9,11-14,16,21,27,29H,7,10,15,17-19H2,1-3H3,(H,41,42)/t21?,27-,29-/m0/s1.